The molecule has 0 bridgehead atoms. The SMILES string of the molecule is CC1CCCC(CNC(C)c2cscn2)(N(C)C)C1. The summed E-state index contributed by atoms with van der Waals surface area (Å²) in [6.07, 6.45) is 5.35. The van der Waals surface area contributed by atoms with Gasteiger partial charge in [0.2, 0.25) is 0 Å². The van der Waals surface area contributed by atoms with Crippen LogP contribution in [-0.2, 0) is 0 Å². The molecule has 1 N–H and O–H groups in total. The Labute approximate surface area is 121 Å². The summed E-state index contributed by atoms with van der Waals surface area (Å²) in [7, 11) is 4.46. The van der Waals surface area contributed by atoms with E-state index in [0.717, 1.165) is 12.5 Å². The van der Waals surface area contributed by atoms with E-state index in [1.54, 1.807) is 11.3 Å². The Morgan fingerprint density at radius 1 is 1.58 bits per heavy atom. The van der Waals surface area contributed by atoms with Crippen LogP contribution in [0.2, 0.25) is 0 Å². The van der Waals surface area contributed by atoms with Crippen molar-refractivity contribution in [1.29, 1.82) is 0 Å². The molecular formula is C15H27N3S. The molecule has 0 amide bonds. The van der Waals surface area contributed by atoms with Crippen LogP contribution in [0.15, 0.2) is 10.9 Å². The topological polar surface area (TPSA) is 28.2 Å². The first-order chi connectivity index (χ1) is 9.03. The highest BCUT2D eigenvalue weighted by atomic mass is 32.1. The van der Waals surface area contributed by atoms with Gasteiger partial charge in [0.05, 0.1) is 11.2 Å². The van der Waals surface area contributed by atoms with Gasteiger partial charge in [-0.15, -0.1) is 11.3 Å². The average Bonchev–Trinajstić information content (AvgIpc) is 2.89. The van der Waals surface area contributed by atoms with Gasteiger partial charge in [0.15, 0.2) is 0 Å². The van der Waals surface area contributed by atoms with Crippen LogP contribution in [0, 0.1) is 5.92 Å². The zero-order valence-corrected chi connectivity index (χ0v) is 13.5. The normalized spacial score (nSPS) is 29.6. The van der Waals surface area contributed by atoms with E-state index in [0.29, 0.717) is 11.6 Å². The summed E-state index contributed by atoms with van der Waals surface area (Å²) in [5.74, 6) is 0.840. The summed E-state index contributed by atoms with van der Waals surface area (Å²) >= 11 is 1.67. The highest BCUT2D eigenvalue weighted by Gasteiger charge is 2.36. The number of nitrogens with zero attached hydrogens (tertiary/aromatic N) is 2. The molecule has 3 nitrogen and oxygen atoms in total. The summed E-state index contributed by atoms with van der Waals surface area (Å²) in [5.41, 5.74) is 3.41. The van der Waals surface area contributed by atoms with Crippen molar-refractivity contribution in [3.8, 4) is 0 Å². The lowest BCUT2D eigenvalue weighted by molar-refractivity contribution is 0.0727. The second-order valence-electron chi connectivity index (χ2n) is 6.34. The zero-order chi connectivity index (χ0) is 13.9. The van der Waals surface area contributed by atoms with Gasteiger partial charge in [-0.3, -0.25) is 0 Å². The Morgan fingerprint density at radius 2 is 2.37 bits per heavy atom. The number of hydrogen-bond donors (Lipinski definition) is 1. The predicted molar refractivity (Wildman–Crippen MR) is 82.6 cm³/mol. The number of rotatable bonds is 5. The fourth-order valence-electron chi connectivity index (χ4n) is 3.24. The molecule has 3 atom stereocenters. The lowest BCUT2D eigenvalue weighted by Gasteiger charge is -2.46. The molecule has 0 radical (unpaired) electrons. The highest BCUT2D eigenvalue weighted by Crippen LogP contribution is 2.35. The molecule has 0 aliphatic heterocycles. The first-order valence-corrected chi connectivity index (χ1v) is 8.27. The third kappa shape index (κ3) is 3.56. The molecule has 0 spiro atoms. The van der Waals surface area contributed by atoms with E-state index in [1.165, 1.54) is 31.4 Å². The number of nitrogens with one attached hydrogen (secondary N) is 1. The van der Waals surface area contributed by atoms with Crippen LogP contribution in [0.5, 0.6) is 0 Å². The van der Waals surface area contributed by atoms with E-state index in [1.807, 2.05) is 5.51 Å². The third-order valence-electron chi connectivity index (χ3n) is 4.65. The maximum atomic E-state index is 4.40. The minimum Gasteiger partial charge on any atom is -0.307 e. The largest absolute Gasteiger partial charge is 0.307 e. The van der Waals surface area contributed by atoms with E-state index < -0.39 is 0 Å². The van der Waals surface area contributed by atoms with E-state index in [9.17, 15) is 0 Å². The Bertz CT molecular complexity index is 377. The first kappa shape index (κ1) is 14.9. The molecular weight excluding hydrogens is 254 g/mol. The van der Waals surface area contributed by atoms with Gasteiger partial charge in [-0.2, -0.15) is 0 Å². The summed E-state index contributed by atoms with van der Waals surface area (Å²) in [6, 6.07) is 0.348. The van der Waals surface area contributed by atoms with Crippen molar-refractivity contribution < 1.29 is 0 Å². The molecule has 1 aliphatic rings. The van der Waals surface area contributed by atoms with Crippen molar-refractivity contribution in [3.63, 3.8) is 0 Å². The van der Waals surface area contributed by atoms with E-state index in [4.69, 9.17) is 0 Å². The Kier molecular flexibility index (Phi) is 4.98. The summed E-state index contributed by atoms with van der Waals surface area (Å²) < 4.78 is 0. The Hall–Kier alpha value is -0.450. The van der Waals surface area contributed by atoms with Gasteiger partial charge in [0, 0.05) is 23.5 Å². The molecule has 4 heteroatoms. The average molecular weight is 281 g/mol. The van der Waals surface area contributed by atoms with Crippen molar-refractivity contribution in [2.75, 3.05) is 20.6 Å². The van der Waals surface area contributed by atoms with Crippen LogP contribution in [0.1, 0.15) is 51.3 Å². The van der Waals surface area contributed by atoms with E-state index in [2.05, 4.69) is 48.5 Å². The van der Waals surface area contributed by atoms with Crippen LogP contribution in [0.4, 0.5) is 0 Å². The smallest absolute Gasteiger partial charge is 0.0795 e. The Morgan fingerprint density at radius 3 is 2.95 bits per heavy atom. The van der Waals surface area contributed by atoms with Gasteiger partial charge in [-0.05, 0) is 39.8 Å². The van der Waals surface area contributed by atoms with Crippen LogP contribution in [0.25, 0.3) is 0 Å². The predicted octanol–water partition coefficient (Wildman–Crippen LogP) is 3.30. The lowest BCUT2D eigenvalue weighted by atomic mass is 9.75. The molecule has 19 heavy (non-hydrogen) atoms. The van der Waals surface area contributed by atoms with Gasteiger partial charge in [-0.1, -0.05) is 19.8 Å². The molecule has 1 aromatic rings. The maximum Gasteiger partial charge on any atom is 0.0795 e. The molecule has 2 rings (SSSR count). The zero-order valence-electron chi connectivity index (χ0n) is 12.6. The molecule has 1 aromatic heterocycles. The van der Waals surface area contributed by atoms with Gasteiger partial charge >= 0.3 is 0 Å². The number of thiazole rings is 1. The molecule has 0 aromatic carbocycles. The summed E-state index contributed by atoms with van der Waals surface area (Å²) in [4.78, 5) is 6.84. The highest BCUT2D eigenvalue weighted by molar-refractivity contribution is 7.07. The van der Waals surface area contributed by atoms with Crippen LogP contribution in [-0.4, -0.2) is 36.1 Å². The van der Waals surface area contributed by atoms with Gasteiger partial charge < -0.3 is 10.2 Å². The summed E-state index contributed by atoms with van der Waals surface area (Å²) in [6.45, 7) is 5.66. The maximum absolute atomic E-state index is 4.40. The molecule has 3 unspecified atom stereocenters. The summed E-state index contributed by atoms with van der Waals surface area (Å²) in [5, 5.41) is 5.84. The minimum atomic E-state index is 0.321. The lowest BCUT2D eigenvalue weighted by Crippen LogP contribution is -2.54. The van der Waals surface area contributed by atoms with E-state index >= 15 is 0 Å². The van der Waals surface area contributed by atoms with Crippen molar-refractivity contribution in [2.45, 2.75) is 51.1 Å². The minimum absolute atomic E-state index is 0.321. The Balaban J connectivity index is 1.97. The van der Waals surface area contributed by atoms with Crippen molar-refractivity contribution >= 4 is 11.3 Å². The monoisotopic (exact) mass is 281 g/mol. The van der Waals surface area contributed by atoms with Gasteiger partial charge in [0.1, 0.15) is 0 Å². The fourth-order valence-corrected chi connectivity index (χ4v) is 3.89. The van der Waals surface area contributed by atoms with Crippen molar-refractivity contribution in [1.82, 2.24) is 15.2 Å². The van der Waals surface area contributed by atoms with Crippen LogP contribution in [0.3, 0.4) is 0 Å². The van der Waals surface area contributed by atoms with Crippen molar-refractivity contribution in [3.05, 3.63) is 16.6 Å². The second kappa shape index (κ2) is 6.33. The van der Waals surface area contributed by atoms with Crippen LogP contribution >= 0.6 is 11.3 Å². The first-order valence-electron chi connectivity index (χ1n) is 7.32. The molecule has 1 saturated carbocycles. The molecule has 1 heterocycles. The molecule has 0 saturated heterocycles. The van der Waals surface area contributed by atoms with Crippen LogP contribution < -0.4 is 5.32 Å². The number of hydrogen-bond acceptors (Lipinski definition) is 4. The standard InChI is InChI=1S/C15H27N3S/c1-12-6-5-7-15(8-12,18(3)4)10-16-13(2)14-9-19-11-17-14/h9,11-13,16H,5-8,10H2,1-4H3. The van der Waals surface area contributed by atoms with E-state index in [-0.39, 0.29) is 0 Å². The molecule has 108 valence electrons. The second-order valence-corrected chi connectivity index (χ2v) is 7.05. The quantitative estimate of drug-likeness (QED) is 0.897. The molecule has 1 aliphatic carbocycles. The third-order valence-corrected chi connectivity index (χ3v) is 5.25. The van der Waals surface area contributed by atoms with Gasteiger partial charge in [-0.25, -0.2) is 4.98 Å². The number of likely N-dealkylation sites (N-methyl/N-ethyl adjacent to an activating group) is 1. The number of aromatic nitrogens is 1. The molecule has 1 fully saturated rings. The van der Waals surface area contributed by atoms with Gasteiger partial charge in [0.25, 0.3) is 0 Å². The fraction of sp³-hybridized carbons (Fsp3) is 0.800. The van der Waals surface area contributed by atoms with Crippen molar-refractivity contribution in [2.24, 2.45) is 5.92 Å².